The molecule has 0 unspecified atom stereocenters. The minimum Gasteiger partial charge on any atom is -0.292 e. The summed E-state index contributed by atoms with van der Waals surface area (Å²) >= 11 is 1.74. The fraction of sp³-hybridized carbons (Fsp3) is 0.0303. The first-order valence-electron chi connectivity index (χ1n) is 12.5. The quantitative estimate of drug-likeness (QED) is 0.241. The van der Waals surface area contributed by atoms with Gasteiger partial charge in [-0.2, -0.15) is 0 Å². The van der Waals surface area contributed by atoms with E-state index >= 15 is 0 Å². The molecule has 3 nitrogen and oxygen atoms in total. The molecule has 0 saturated carbocycles. The van der Waals surface area contributed by atoms with Crippen molar-refractivity contribution < 1.29 is 0 Å². The van der Waals surface area contributed by atoms with Gasteiger partial charge in [0.25, 0.3) is 0 Å². The highest BCUT2D eigenvalue weighted by atomic mass is 32.1. The molecular weight excluding hydrogens is 470 g/mol. The topological polar surface area (TPSA) is 30.2 Å². The van der Waals surface area contributed by atoms with Crippen molar-refractivity contribution in [2.75, 3.05) is 0 Å². The molecule has 8 rings (SSSR count). The highest BCUT2D eigenvalue weighted by Crippen LogP contribution is 2.36. The van der Waals surface area contributed by atoms with Crippen molar-refractivity contribution in [1.29, 1.82) is 0 Å². The van der Waals surface area contributed by atoms with E-state index in [9.17, 15) is 0 Å². The van der Waals surface area contributed by atoms with E-state index in [1.165, 1.54) is 37.9 Å². The number of fused-ring (bicyclic) bond motifs is 9. The second-order valence-corrected chi connectivity index (χ2v) is 10.5. The number of aromatic nitrogens is 3. The lowest BCUT2D eigenvalue weighted by Crippen LogP contribution is -1.97. The van der Waals surface area contributed by atoms with E-state index in [0.29, 0.717) is 0 Å². The summed E-state index contributed by atoms with van der Waals surface area (Å²) in [4.78, 5) is 9.91. The van der Waals surface area contributed by atoms with E-state index in [1.54, 1.807) is 11.3 Å². The Bertz CT molecular complexity index is 2020. The van der Waals surface area contributed by atoms with Gasteiger partial charge in [-0.3, -0.25) is 4.40 Å². The average Bonchev–Trinajstić information content (AvgIpc) is 3.47. The van der Waals surface area contributed by atoms with Gasteiger partial charge in [0.2, 0.25) is 0 Å². The lowest BCUT2D eigenvalue weighted by Gasteiger charge is -2.13. The zero-order valence-corrected chi connectivity index (χ0v) is 20.7. The van der Waals surface area contributed by atoms with Crippen molar-refractivity contribution in [3.8, 4) is 21.7 Å². The maximum atomic E-state index is 5.09. The van der Waals surface area contributed by atoms with E-state index in [0.717, 1.165) is 39.2 Å². The smallest absolute Gasteiger partial charge is 0.146 e. The van der Waals surface area contributed by atoms with Gasteiger partial charge in [0.1, 0.15) is 10.7 Å². The summed E-state index contributed by atoms with van der Waals surface area (Å²) in [6.45, 7) is 0. The van der Waals surface area contributed by atoms with Crippen LogP contribution in [-0.2, 0) is 0 Å². The van der Waals surface area contributed by atoms with Gasteiger partial charge in [-0.15, -0.1) is 11.3 Å². The van der Waals surface area contributed by atoms with Gasteiger partial charge in [0.15, 0.2) is 0 Å². The number of para-hydroxylation sites is 3. The van der Waals surface area contributed by atoms with Crippen LogP contribution in [0.15, 0.2) is 103 Å². The number of hydrogen-bond acceptors (Lipinski definition) is 3. The molecular formula is C33H21N3S. The molecule has 7 aromatic rings. The van der Waals surface area contributed by atoms with E-state index in [2.05, 4.69) is 114 Å². The van der Waals surface area contributed by atoms with Crippen molar-refractivity contribution in [1.82, 2.24) is 14.4 Å². The molecule has 174 valence electrons. The Balaban J connectivity index is 1.31. The molecule has 3 aromatic heterocycles. The van der Waals surface area contributed by atoms with Crippen molar-refractivity contribution in [3.63, 3.8) is 0 Å². The van der Waals surface area contributed by atoms with Crippen molar-refractivity contribution >= 4 is 61.2 Å². The van der Waals surface area contributed by atoms with Crippen LogP contribution >= 0.6 is 11.3 Å². The molecule has 0 fully saturated rings. The van der Waals surface area contributed by atoms with Crippen LogP contribution in [0, 0.1) is 0 Å². The number of hydrogen-bond donors (Lipinski definition) is 0. The summed E-state index contributed by atoms with van der Waals surface area (Å²) in [5.74, 6) is 0. The van der Waals surface area contributed by atoms with Gasteiger partial charge >= 0.3 is 0 Å². The first kappa shape index (κ1) is 20.6. The Kier molecular flexibility index (Phi) is 4.45. The molecule has 0 amide bonds. The summed E-state index contributed by atoms with van der Waals surface area (Å²) in [5, 5.41) is 3.46. The molecule has 4 heteroatoms. The van der Waals surface area contributed by atoms with E-state index in [1.807, 2.05) is 6.07 Å². The minimum atomic E-state index is 0.934. The summed E-state index contributed by atoms with van der Waals surface area (Å²) < 4.78 is 3.54. The van der Waals surface area contributed by atoms with Gasteiger partial charge < -0.3 is 0 Å². The standard InChI is InChI=1S/C33H21N3S/c1-2-8-25-24-19-18-23(21-14-16-22(17-15-21)33-35-28-10-5-7-13-31(28)37-33)20-26(24)32-34-27-9-4-6-12-30(27)36(32)29(25)11-3-1/h2-20H,1H2. The fourth-order valence-electron chi connectivity index (χ4n) is 5.44. The molecule has 0 spiro atoms. The van der Waals surface area contributed by atoms with Crippen LogP contribution in [0.2, 0.25) is 0 Å². The number of benzene rings is 4. The van der Waals surface area contributed by atoms with Gasteiger partial charge in [-0.05, 0) is 59.3 Å². The minimum absolute atomic E-state index is 0.934. The molecule has 1 aliphatic rings. The summed E-state index contributed by atoms with van der Waals surface area (Å²) in [6.07, 6.45) is 9.90. The first-order valence-corrected chi connectivity index (χ1v) is 13.3. The second kappa shape index (κ2) is 7.99. The van der Waals surface area contributed by atoms with Crippen molar-refractivity contribution in [2.24, 2.45) is 0 Å². The van der Waals surface area contributed by atoms with Crippen LogP contribution in [-0.4, -0.2) is 14.4 Å². The van der Waals surface area contributed by atoms with E-state index in [-0.39, 0.29) is 0 Å². The van der Waals surface area contributed by atoms with Crippen LogP contribution in [0.5, 0.6) is 0 Å². The van der Waals surface area contributed by atoms with Crippen molar-refractivity contribution in [3.05, 3.63) is 114 Å². The Morgan fingerprint density at radius 1 is 0.649 bits per heavy atom. The average molecular weight is 492 g/mol. The maximum absolute atomic E-state index is 5.09. The SMILES string of the molecule is C1=Cc2c(n3c4ccccc4nc3c3cc(-c4ccc(-c5nc6ccccc6s5)cc4)ccc23)C=CC1. The number of pyridine rings is 1. The number of allylic oxidation sites excluding steroid dienone is 2. The Hall–Kier alpha value is -4.54. The maximum Gasteiger partial charge on any atom is 0.146 e. The largest absolute Gasteiger partial charge is 0.292 e. The highest BCUT2D eigenvalue weighted by Gasteiger charge is 2.17. The summed E-state index contributed by atoms with van der Waals surface area (Å²) in [6, 6.07) is 32.3. The van der Waals surface area contributed by atoms with Crippen LogP contribution in [0.1, 0.15) is 17.7 Å². The molecule has 0 aliphatic heterocycles. The monoisotopic (exact) mass is 491 g/mol. The molecule has 0 radical (unpaired) electrons. The Morgan fingerprint density at radius 3 is 2.30 bits per heavy atom. The summed E-state index contributed by atoms with van der Waals surface area (Å²) in [7, 11) is 0. The molecule has 0 atom stereocenters. The number of nitrogens with zero attached hydrogens (tertiary/aromatic N) is 3. The predicted octanol–water partition coefficient (Wildman–Crippen LogP) is 9.01. The lowest BCUT2D eigenvalue weighted by atomic mass is 9.97. The van der Waals surface area contributed by atoms with E-state index < -0.39 is 0 Å². The third kappa shape index (κ3) is 3.19. The van der Waals surface area contributed by atoms with Crippen LogP contribution in [0.4, 0.5) is 0 Å². The molecule has 0 N–H and O–H groups in total. The zero-order valence-electron chi connectivity index (χ0n) is 19.9. The van der Waals surface area contributed by atoms with Crippen LogP contribution in [0.25, 0.3) is 71.5 Å². The molecule has 0 saturated heterocycles. The van der Waals surface area contributed by atoms with Crippen molar-refractivity contribution in [2.45, 2.75) is 6.42 Å². The van der Waals surface area contributed by atoms with Gasteiger partial charge in [0.05, 0.1) is 26.9 Å². The normalized spacial score (nSPS) is 13.1. The fourth-order valence-corrected chi connectivity index (χ4v) is 6.41. The van der Waals surface area contributed by atoms with Gasteiger partial charge in [-0.25, -0.2) is 9.97 Å². The molecule has 0 bridgehead atoms. The zero-order chi connectivity index (χ0) is 24.3. The Morgan fingerprint density at radius 2 is 1.41 bits per heavy atom. The van der Waals surface area contributed by atoms with Gasteiger partial charge in [-0.1, -0.05) is 78.9 Å². The predicted molar refractivity (Wildman–Crippen MR) is 157 cm³/mol. The number of rotatable bonds is 2. The third-order valence-electron chi connectivity index (χ3n) is 7.22. The highest BCUT2D eigenvalue weighted by molar-refractivity contribution is 7.21. The summed E-state index contributed by atoms with van der Waals surface area (Å²) in [5.41, 5.74) is 10.2. The third-order valence-corrected chi connectivity index (χ3v) is 8.31. The van der Waals surface area contributed by atoms with Crippen LogP contribution in [0.3, 0.4) is 0 Å². The molecule has 3 heterocycles. The van der Waals surface area contributed by atoms with Gasteiger partial charge in [0, 0.05) is 16.5 Å². The first-order chi connectivity index (χ1) is 18.3. The molecule has 1 aliphatic carbocycles. The molecule has 37 heavy (non-hydrogen) atoms. The van der Waals surface area contributed by atoms with Crippen LogP contribution < -0.4 is 0 Å². The Labute approximate surface area is 217 Å². The van der Waals surface area contributed by atoms with E-state index in [4.69, 9.17) is 9.97 Å². The second-order valence-electron chi connectivity index (χ2n) is 9.42. The molecule has 4 aromatic carbocycles. The number of imidazole rings is 1. The number of thiazole rings is 1. The lowest BCUT2D eigenvalue weighted by molar-refractivity contribution is 1.21.